The second-order valence-corrected chi connectivity index (χ2v) is 5.71. The minimum Gasteiger partial charge on any atom is -0.480 e. The predicted molar refractivity (Wildman–Crippen MR) is 86.1 cm³/mol. The fraction of sp³-hybridized carbons (Fsp3) is 0.857. The van der Waals surface area contributed by atoms with Gasteiger partial charge in [0.2, 0.25) is 0 Å². The van der Waals surface area contributed by atoms with E-state index in [2.05, 4.69) is 0 Å². The molecule has 0 rings (SSSR count). The summed E-state index contributed by atoms with van der Waals surface area (Å²) in [5, 5.41) is 76.1. The van der Waals surface area contributed by atoms with Crippen LogP contribution in [0.4, 0.5) is 0 Å². The van der Waals surface area contributed by atoms with E-state index in [9.17, 15) is 50.4 Å². The standard InChI is InChI=1S/C14H28N2O10/c17-4-1-14(12(25)26,15(2-5-18)3-6-19)16(7-11(23)24)13(8-20,9-21)10-22/h17-22H,1-10H2,(H,23,24)(H,25,26). The Morgan fingerprint density at radius 1 is 0.769 bits per heavy atom. The van der Waals surface area contributed by atoms with Crippen LogP contribution >= 0.6 is 0 Å². The minimum absolute atomic E-state index is 0.318. The van der Waals surface area contributed by atoms with E-state index >= 15 is 0 Å². The Hall–Kier alpha value is -1.38. The number of carboxylic acids is 2. The molecule has 0 saturated carbocycles. The first-order valence-electron chi connectivity index (χ1n) is 7.89. The molecule has 0 fully saturated rings. The molecule has 0 bridgehead atoms. The first-order chi connectivity index (χ1) is 12.3. The lowest BCUT2D eigenvalue weighted by Gasteiger charge is -2.53. The number of carbonyl (C=O) groups is 2. The highest BCUT2D eigenvalue weighted by Crippen LogP contribution is 2.32. The van der Waals surface area contributed by atoms with Crippen molar-refractivity contribution in [3.63, 3.8) is 0 Å². The SMILES string of the molecule is O=C(O)CN(C(CO)(CO)CO)C(CCO)(C(=O)O)N(CCO)CCO. The van der Waals surface area contributed by atoms with Gasteiger partial charge >= 0.3 is 11.9 Å². The summed E-state index contributed by atoms with van der Waals surface area (Å²) in [6, 6.07) is 0. The van der Waals surface area contributed by atoms with Crippen LogP contribution < -0.4 is 0 Å². The Morgan fingerprint density at radius 2 is 1.23 bits per heavy atom. The van der Waals surface area contributed by atoms with Crippen LogP contribution in [0.25, 0.3) is 0 Å². The molecule has 12 nitrogen and oxygen atoms in total. The summed E-state index contributed by atoms with van der Waals surface area (Å²) >= 11 is 0. The molecule has 1 atom stereocenters. The van der Waals surface area contributed by atoms with Gasteiger partial charge in [0, 0.05) is 26.1 Å². The molecule has 0 heterocycles. The van der Waals surface area contributed by atoms with E-state index < -0.39 is 75.7 Å². The van der Waals surface area contributed by atoms with Crippen molar-refractivity contribution < 1.29 is 50.4 Å². The van der Waals surface area contributed by atoms with Gasteiger partial charge in [-0.15, -0.1) is 0 Å². The molecule has 0 radical (unpaired) electrons. The lowest BCUT2D eigenvalue weighted by molar-refractivity contribution is -0.200. The maximum Gasteiger partial charge on any atom is 0.339 e. The van der Waals surface area contributed by atoms with Crippen LogP contribution in [0, 0.1) is 0 Å². The lowest BCUT2D eigenvalue weighted by atomic mass is 9.91. The van der Waals surface area contributed by atoms with Crippen molar-refractivity contribution in [3.05, 3.63) is 0 Å². The van der Waals surface area contributed by atoms with Gasteiger partial charge in [0.15, 0.2) is 5.66 Å². The summed E-state index contributed by atoms with van der Waals surface area (Å²) < 4.78 is 0. The number of nitrogens with zero attached hydrogens (tertiary/aromatic N) is 2. The van der Waals surface area contributed by atoms with Crippen LogP contribution in [-0.2, 0) is 9.59 Å². The van der Waals surface area contributed by atoms with Crippen LogP contribution in [0.5, 0.6) is 0 Å². The number of aliphatic hydroxyl groups excluding tert-OH is 6. The summed E-state index contributed by atoms with van der Waals surface area (Å²) in [4.78, 5) is 25.3. The van der Waals surface area contributed by atoms with Crippen molar-refractivity contribution >= 4 is 11.9 Å². The summed E-state index contributed by atoms with van der Waals surface area (Å²) in [5.74, 6) is -3.16. The topological polar surface area (TPSA) is 202 Å². The van der Waals surface area contributed by atoms with Gasteiger partial charge in [-0.3, -0.25) is 14.6 Å². The molecule has 0 spiro atoms. The Balaban J connectivity index is 6.65. The van der Waals surface area contributed by atoms with Crippen LogP contribution in [0.1, 0.15) is 6.42 Å². The maximum atomic E-state index is 12.2. The van der Waals surface area contributed by atoms with E-state index in [1.807, 2.05) is 0 Å². The molecule has 0 amide bonds. The molecule has 0 aromatic carbocycles. The molecule has 0 saturated heterocycles. The fourth-order valence-corrected chi connectivity index (χ4v) is 2.93. The zero-order valence-corrected chi connectivity index (χ0v) is 14.4. The summed E-state index contributed by atoms with van der Waals surface area (Å²) in [5.41, 5.74) is -4.40. The van der Waals surface area contributed by atoms with Crippen molar-refractivity contribution in [3.8, 4) is 0 Å². The van der Waals surface area contributed by atoms with E-state index in [1.165, 1.54) is 0 Å². The highest BCUT2D eigenvalue weighted by molar-refractivity contribution is 5.80. The van der Waals surface area contributed by atoms with Gasteiger partial charge < -0.3 is 40.9 Å². The van der Waals surface area contributed by atoms with Gasteiger partial charge in [-0.1, -0.05) is 0 Å². The zero-order chi connectivity index (χ0) is 20.4. The number of carboxylic acid groups (broad SMARTS) is 2. The molecule has 154 valence electrons. The normalized spacial score (nSPS) is 14.6. The molecule has 12 heteroatoms. The maximum absolute atomic E-state index is 12.2. The molecular formula is C14H28N2O10. The molecule has 0 aliphatic carbocycles. The van der Waals surface area contributed by atoms with Crippen LogP contribution in [0.15, 0.2) is 0 Å². The number of aliphatic hydroxyl groups is 6. The van der Waals surface area contributed by atoms with Gasteiger partial charge in [0.1, 0.15) is 0 Å². The van der Waals surface area contributed by atoms with Gasteiger partial charge in [-0.25, -0.2) is 4.79 Å². The number of rotatable bonds is 15. The first-order valence-corrected chi connectivity index (χ1v) is 7.89. The van der Waals surface area contributed by atoms with Crippen molar-refractivity contribution in [1.82, 2.24) is 9.80 Å². The van der Waals surface area contributed by atoms with Gasteiger partial charge in [-0.05, 0) is 0 Å². The number of aliphatic carboxylic acids is 2. The number of hydrogen-bond acceptors (Lipinski definition) is 10. The average Bonchev–Trinajstić information content (AvgIpc) is 2.60. The van der Waals surface area contributed by atoms with E-state index in [0.29, 0.717) is 4.90 Å². The Bertz CT molecular complexity index is 431. The van der Waals surface area contributed by atoms with E-state index in [0.717, 1.165) is 4.90 Å². The van der Waals surface area contributed by atoms with Crippen molar-refractivity contribution in [1.29, 1.82) is 0 Å². The average molecular weight is 384 g/mol. The molecule has 0 aromatic heterocycles. The van der Waals surface area contributed by atoms with E-state index in [-0.39, 0.29) is 13.1 Å². The Morgan fingerprint density at radius 3 is 1.50 bits per heavy atom. The third-order valence-corrected chi connectivity index (χ3v) is 4.26. The molecule has 0 aliphatic heterocycles. The van der Waals surface area contributed by atoms with Crippen molar-refractivity contribution in [2.24, 2.45) is 0 Å². The Kier molecular flexibility index (Phi) is 10.8. The highest BCUT2D eigenvalue weighted by atomic mass is 16.4. The van der Waals surface area contributed by atoms with Gasteiger partial charge in [0.25, 0.3) is 0 Å². The molecule has 1 unspecified atom stereocenters. The number of hydrogen-bond donors (Lipinski definition) is 8. The van der Waals surface area contributed by atoms with Crippen LogP contribution in [0.3, 0.4) is 0 Å². The highest BCUT2D eigenvalue weighted by Gasteiger charge is 2.56. The minimum atomic E-state index is -2.34. The monoisotopic (exact) mass is 384 g/mol. The van der Waals surface area contributed by atoms with Crippen molar-refractivity contribution in [2.75, 3.05) is 59.3 Å². The third kappa shape index (κ3) is 5.08. The lowest BCUT2D eigenvalue weighted by Crippen LogP contribution is -2.75. The van der Waals surface area contributed by atoms with Crippen molar-refractivity contribution in [2.45, 2.75) is 17.6 Å². The first kappa shape index (κ1) is 24.6. The molecule has 0 aromatic rings. The van der Waals surface area contributed by atoms with E-state index in [1.54, 1.807) is 0 Å². The fourth-order valence-electron chi connectivity index (χ4n) is 2.93. The van der Waals surface area contributed by atoms with Crippen LogP contribution in [0.2, 0.25) is 0 Å². The Labute approximate surface area is 150 Å². The molecule has 0 aliphatic rings. The predicted octanol–water partition coefficient (Wildman–Crippen LogP) is -4.46. The van der Waals surface area contributed by atoms with E-state index in [4.69, 9.17) is 0 Å². The quantitative estimate of drug-likeness (QED) is 0.126. The largest absolute Gasteiger partial charge is 0.480 e. The third-order valence-electron chi connectivity index (χ3n) is 4.26. The summed E-state index contributed by atoms with van der Waals surface area (Å²) in [6.45, 7) is -6.44. The summed E-state index contributed by atoms with van der Waals surface area (Å²) in [7, 11) is 0. The van der Waals surface area contributed by atoms with Gasteiger partial charge in [-0.2, -0.15) is 0 Å². The zero-order valence-electron chi connectivity index (χ0n) is 14.4. The molecule has 26 heavy (non-hydrogen) atoms. The molecular weight excluding hydrogens is 356 g/mol. The van der Waals surface area contributed by atoms with Crippen LogP contribution in [-0.4, -0.2) is 133 Å². The smallest absolute Gasteiger partial charge is 0.339 e. The second kappa shape index (κ2) is 11.4. The molecule has 8 N–H and O–H groups in total. The van der Waals surface area contributed by atoms with Gasteiger partial charge in [0.05, 0.1) is 45.1 Å². The summed E-state index contributed by atoms with van der Waals surface area (Å²) in [6.07, 6.45) is -0.586. The second-order valence-electron chi connectivity index (χ2n) is 5.71.